The molecule has 2 aromatic carbocycles. The molecule has 1 fully saturated rings. The molecule has 192 valence electrons. The van der Waals surface area contributed by atoms with Gasteiger partial charge in [0, 0.05) is 24.6 Å². The molecule has 8 nitrogen and oxygen atoms in total. The van der Waals surface area contributed by atoms with Gasteiger partial charge in [-0.05, 0) is 54.7 Å². The van der Waals surface area contributed by atoms with Gasteiger partial charge in [0.15, 0.2) is 12.1 Å². The average Bonchev–Trinajstić information content (AvgIpc) is 3.20. The van der Waals surface area contributed by atoms with Crippen LogP contribution >= 0.6 is 0 Å². The van der Waals surface area contributed by atoms with Crippen molar-refractivity contribution in [3.63, 3.8) is 0 Å². The largest absolute Gasteiger partial charge is 0.438 e. The molecule has 3 aromatic rings. The third kappa shape index (κ3) is 6.52. The van der Waals surface area contributed by atoms with E-state index < -0.39 is 18.2 Å². The zero-order valence-corrected chi connectivity index (χ0v) is 21.3. The molecule has 1 aliphatic rings. The van der Waals surface area contributed by atoms with E-state index in [1.165, 1.54) is 11.1 Å². The predicted molar refractivity (Wildman–Crippen MR) is 141 cm³/mol. The molecule has 0 bridgehead atoms. The predicted octanol–water partition coefficient (Wildman–Crippen LogP) is 4.87. The zero-order chi connectivity index (χ0) is 26.4. The van der Waals surface area contributed by atoms with E-state index in [1.807, 2.05) is 31.2 Å². The second kappa shape index (κ2) is 11.7. The Morgan fingerprint density at radius 3 is 2.54 bits per heavy atom. The number of hydrogen-bond acceptors (Lipinski definition) is 5. The maximum atomic E-state index is 13.3. The Balaban J connectivity index is 1.54. The average molecular weight is 501 g/mol. The Bertz CT molecular complexity index is 1240. The van der Waals surface area contributed by atoms with Crippen LogP contribution in [0.2, 0.25) is 0 Å². The smallest absolute Gasteiger partial charge is 0.411 e. The number of anilines is 1. The van der Waals surface area contributed by atoms with Gasteiger partial charge in [0.1, 0.15) is 0 Å². The van der Waals surface area contributed by atoms with E-state index in [4.69, 9.17) is 4.74 Å². The number of hydrogen-bond donors (Lipinski definition) is 2. The highest BCUT2D eigenvalue weighted by atomic mass is 16.6. The van der Waals surface area contributed by atoms with Gasteiger partial charge >= 0.3 is 6.09 Å². The van der Waals surface area contributed by atoms with Gasteiger partial charge in [0.2, 0.25) is 5.91 Å². The molecule has 3 amide bonds. The van der Waals surface area contributed by atoms with Crippen LogP contribution in [0.5, 0.6) is 0 Å². The molecule has 2 N–H and O–H groups in total. The van der Waals surface area contributed by atoms with Gasteiger partial charge in [0.05, 0.1) is 12.1 Å². The summed E-state index contributed by atoms with van der Waals surface area (Å²) in [7, 11) is 0. The van der Waals surface area contributed by atoms with E-state index in [0.717, 1.165) is 17.5 Å². The summed E-state index contributed by atoms with van der Waals surface area (Å²) in [6, 6.07) is 17.4. The Morgan fingerprint density at radius 2 is 1.86 bits per heavy atom. The van der Waals surface area contributed by atoms with E-state index in [1.54, 1.807) is 42.6 Å². The Hall–Kier alpha value is -4.20. The van der Waals surface area contributed by atoms with Crippen LogP contribution in [0.15, 0.2) is 73.1 Å². The third-order valence-corrected chi connectivity index (χ3v) is 6.23. The van der Waals surface area contributed by atoms with Crippen molar-refractivity contribution in [3.8, 4) is 0 Å². The van der Waals surface area contributed by atoms with Crippen molar-refractivity contribution < 1.29 is 19.1 Å². The highest BCUT2D eigenvalue weighted by Gasteiger charge is 2.46. The lowest BCUT2D eigenvalue weighted by Gasteiger charge is -2.24. The fourth-order valence-corrected chi connectivity index (χ4v) is 4.26. The SMILES string of the molecule is Cc1cccc(CN2C(=O)OC(c3ccc(NC(=O)c4cccnc4)cc3)C2C(=O)NCCC(C)C)c1. The number of pyridine rings is 1. The number of carbonyl (C=O) groups is 3. The van der Waals surface area contributed by atoms with Crippen LogP contribution in [-0.4, -0.2) is 40.4 Å². The lowest BCUT2D eigenvalue weighted by Crippen LogP contribution is -2.46. The van der Waals surface area contributed by atoms with Crippen LogP contribution < -0.4 is 10.6 Å². The summed E-state index contributed by atoms with van der Waals surface area (Å²) < 4.78 is 5.74. The number of rotatable bonds is 9. The summed E-state index contributed by atoms with van der Waals surface area (Å²) in [6.45, 7) is 6.95. The molecule has 2 heterocycles. The van der Waals surface area contributed by atoms with Crippen molar-refractivity contribution in [2.75, 3.05) is 11.9 Å². The van der Waals surface area contributed by atoms with E-state index in [2.05, 4.69) is 29.5 Å². The van der Waals surface area contributed by atoms with Gasteiger partial charge in [0.25, 0.3) is 5.91 Å². The normalized spacial score (nSPS) is 17.0. The minimum absolute atomic E-state index is 0.252. The van der Waals surface area contributed by atoms with E-state index in [0.29, 0.717) is 29.3 Å². The highest BCUT2D eigenvalue weighted by molar-refractivity contribution is 6.04. The molecule has 4 rings (SSSR count). The first-order valence-electron chi connectivity index (χ1n) is 12.4. The molecule has 1 saturated heterocycles. The molecule has 37 heavy (non-hydrogen) atoms. The summed E-state index contributed by atoms with van der Waals surface area (Å²) in [6.07, 6.45) is 2.61. The summed E-state index contributed by atoms with van der Waals surface area (Å²) in [4.78, 5) is 44.2. The second-order valence-corrected chi connectivity index (χ2v) is 9.66. The number of ether oxygens (including phenoxy) is 1. The van der Waals surface area contributed by atoms with Crippen LogP contribution in [0.1, 0.15) is 53.4 Å². The first kappa shape index (κ1) is 25.9. The molecule has 0 radical (unpaired) electrons. The Morgan fingerprint density at radius 1 is 1.08 bits per heavy atom. The number of aromatic nitrogens is 1. The maximum absolute atomic E-state index is 13.3. The maximum Gasteiger partial charge on any atom is 0.411 e. The number of benzene rings is 2. The van der Waals surface area contributed by atoms with Gasteiger partial charge in [-0.25, -0.2) is 4.79 Å². The van der Waals surface area contributed by atoms with Gasteiger partial charge in [-0.2, -0.15) is 0 Å². The van der Waals surface area contributed by atoms with Gasteiger partial charge in [-0.3, -0.25) is 19.5 Å². The molecular weight excluding hydrogens is 468 g/mol. The summed E-state index contributed by atoms with van der Waals surface area (Å²) >= 11 is 0. The van der Waals surface area contributed by atoms with Crippen molar-refractivity contribution in [2.45, 2.75) is 45.9 Å². The van der Waals surface area contributed by atoms with Crippen LogP contribution in [0.4, 0.5) is 10.5 Å². The zero-order valence-electron chi connectivity index (χ0n) is 21.3. The van der Waals surface area contributed by atoms with Gasteiger partial charge < -0.3 is 15.4 Å². The number of carbonyl (C=O) groups excluding carboxylic acids is 3. The van der Waals surface area contributed by atoms with Crippen molar-refractivity contribution in [1.29, 1.82) is 0 Å². The highest BCUT2D eigenvalue weighted by Crippen LogP contribution is 2.34. The van der Waals surface area contributed by atoms with Crippen LogP contribution in [0.25, 0.3) is 0 Å². The molecule has 2 unspecified atom stereocenters. The molecular formula is C29H32N4O4. The van der Waals surface area contributed by atoms with Crippen LogP contribution in [-0.2, 0) is 16.1 Å². The lowest BCUT2D eigenvalue weighted by molar-refractivity contribution is -0.126. The number of amides is 3. The van der Waals surface area contributed by atoms with Crippen molar-refractivity contribution in [1.82, 2.24) is 15.2 Å². The first-order chi connectivity index (χ1) is 17.8. The van der Waals surface area contributed by atoms with Crippen LogP contribution in [0, 0.1) is 12.8 Å². The standard InChI is InChI=1S/C29H32N4O4/c1-19(2)13-15-31-28(35)25-26(37-29(36)33(25)18-21-7-4-6-20(3)16-21)22-9-11-24(12-10-22)32-27(34)23-8-5-14-30-17-23/h4-12,14,16-17,19,25-26H,13,15,18H2,1-3H3,(H,31,35)(H,32,34). The fourth-order valence-electron chi connectivity index (χ4n) is 4.26. The van der Waals surface area contributed by atoms with E-state index in [-0.39, 0.29) is 18.4 Å². The van der Waals surface area contributed by atoms with Crippen LogP contribution in [0.3, 0.4) is 0 Å². The second-order valence-electron chi connectivity index (χ2n) is 9.66. The topological polar surface area (TPSA) is 101 Å². The molecule has 8 heteroatoms. The van der Waals surface area contributed by atoms with Crippen molar-refractivity contribution in [2.24, 2.45) is 5.92 Å². The quantitative estimate of drug-likeness (QED) is 0.437. The molecule has 0 spiro atoms. The Kier molecular flexibility index (Phi) is 8.18. The monoisotopic (exact) mass is 500 g/mol. The summed E-state index contributed by atoms with van der Waals surface area (Å²) in [5.41, 5.74) is 3.69. The van der Waals surface area contributed by atoms with Crippen molar-refractivity contribution in [3.05, 3.63) is 95.3 Å². The molecule has 1 aromatic heterocycles. The van der Waals surface area contributed by atoms with Crippen molar-refractivity contribution >= 4 is 23.6 Å². The number of nitrogens with one attached hydrogen (secondary N) is 2. The number of aryl methyl sites for hydroxylation is 1. The Labute approximate surface area is 217 Å². The minimum atomic E-state index is -0.823. The summed E-state index contributed by atoms with van der Waals surface area (Å²) in [5, 5.41) is 5.81. The first-order valence-corrected chi connectivity index (χ1v) is 12.4. The van der Waals surface area contributed by atoms with E-state index >= 15 is 0 Å². The minimum Gasteiger partial charge on any atom is -0.438 e. The molecule has 2 atom stereocenters. The lowest BCUT2D eigenvalue weighted by atomic mass is 10.00. The molecule has 0 saturated carbocycles. The number of nitrogens with zero attached hydrogens (tertiary/aromatic N) is 2. The fraction of sp³-hybridized carbons (Fsp3) is 0.310. The number of cyclic esters (lactones) is 1. The molecule has 0 aliphatic carbocycles. The molecule has 1 aliphatic heterocycles. The summed E-state index contributed by atoms with van der Waals surface area (Å²) in [5.74, 6) is -0.0895. The van der Waals surface area contributed by atoms with E-state index in [9.17, 15) is 14.4 Å². The van der Waals surface area contributed by atoms with Gasteiger partial charge in [-0.1, -0.05) is 55.8 Å². The van der Waals surface area contributed by atoms with Gasteiger partial charge in [-0.15, -0.1) is 0 Å². The third-order valence-electron chi connectivity index (χ3n) is 6.23.